The molecule has 2 fully saturated rings. The van der Waals surface area contributed by atoms with Crippen LogP contribution in [0.2, 0.25) is 0 Å². The van der Waals surface area contributed by atoms with Crippen LogP contribution in [0.5, 0.6) is 0 Å². The van der Waals surface area contributed by atoms with Gasteiger partial charge in [-0.25, -0.2) is 0 Å². The van der Waals surface area contributed by atoms with Crippen molar-refractivity contribution in [2.45, 2.75) is 19.3 Å². The first-order valence-electron chi connectivity index (χ1n) is 7.79. The van der Waals surface area contributed by atoms with Crippen LogP contribution in [-0.4, -0.2) is 48.0 Å². The summed E-state index contributed by atoms with van der Waals surface area (Å²) in [5.74, 6) is 0.650. The maximum Gasteiger partial charge on any atom is 0.282 e. The third-order valence-corrected chi connectivity index (χ3v) is 4.95. The van der Waals surface area contributed by atoms with E-state index in [-0.39, 0.29) is 17.7 Å². The Kier molecular flexibility index (Phi) is 4.87. The van der Waals surface area contributed by atoms with Crippen molar-refractivity contribution in [3.63, 3.8) is 0 Å². The number of thioether (sulfide) groups is 1. The number of para-hydroxylation sites is 2. The highest BCUT2D eigenvalue weighted by Crippen LogP contribution is 2.28. The molecule has 0 spiro atoms. The summed E-state index contributed by atoms with van der Waals surface area (Å²) >= 11 is 1.28. The minimum atomic E-state index is -0.125. The molecule has 2 amide bonds. The highest BCUT2D eigenvalue weighted by molar-refractivity contribution is 8.13. The molecule has 118 valence electrons. The molecule has 0 aromatic heterocycles. The summed E-state index contributed by atoms with van der Waals surface area (Å²) < 4.78 is 0. The molecule has 3 rings (SSSR count). The van der Waals surface area contributed by atoms with Gasteiger partial charge in [-0.15, -0.1) is 0 Å². The first-order chi connectivity index (χ1) is 10.7. The van der Waals surface area contributed by atoms with Gasteiger partial charge >= 0.3 is 0 Å². The van der Waals surface area contributed by atoms with E-state index in [1.165, 1.54) is 31.0 Å². The van der Waals surface area contributed by atoms with E-state index in [0.29, 0.717) is 6.54 Å². The molecule has 2 aliphatic rings. The molecule has 2 aliphatic heterocycles. The highest BCUT2D eigenvalue weighted by Gasteiger charge is 2.24. The van der Waals surface area contributed by atoms with E-state index < -0.39 is 0 Å². The number of amides is 2. The second kappa shape index (κ2) is 7.05. The molecule has 1 N–H and O–H groups in total. The lowest BCUT2D eigenvalue weighted by Crippen LogP contribution is -2.34. The Labute approximate surface area is 135 Å². The molecule has 0 saturated carbocycles. The Bertz CT molecular complexity index is 558. The number of carbonyl (C=O) groups is 2. The van der Waals surface area contributed by atoms with Gasteiger partial charge in [0, 0.05) is 25.4 Å². The minimum absolute atomic E-state index is 0.000495. The van der Waals surface area contributed by atoms with Crippen molar-refractivity contribution in [2.75, 3.05) is 42.1 Å². The SMILES string of the molecule is O=C(CN1CCSC1=O)Nc1ccccc1N1CCCCC1. The number of nitrogens with one attached hydrogen (secondary N) is 1. The van der Waals surface area contributed by atoms with Crippen LogP contribution >= 0.6 is 11.8 Å². The van der Waals surface area contributed by atoms with E-state index in [1.54, 1.807) is 4.90 Å². The van der Waals surface area contributed by atoms with Gasteiger partial charge in [-0.2, -0.15) is 0 Å². The van der Waals surface area contributed by atoms with Crippen LogP contribution in [-0.2, 0) is 4.79 Å². The number of hydrogen-bond acceptors (Lipinski definition) is 4. The minimum Gasteiger partial charge on any atom is -0.370 e. The molecular formula is C16H21N3O2S. The van der Waals surface area contributed by atoms with E-state index in [4.69, 9.17) is 0 Å². The lowest BCUT2D eigenvalue weighted by Gasteiger charge is -2.30. The summed E-state index contributed by atoms with van der Waals surface area (Å²) in [6, 6.07) is 7.92. The van der Waals surface area contributed by atoms with Gasteiger partial charge in [0.1, 0.15) is 6.54 Å². The van der Waals surface area contributed by atoms with Crippen molar-refractivity contribution < 1.29 is 9.59 Å². The monoisotopic (exact) mass is 319 g/mol. The van der Waals surface area contributed by atoms with Crippen LogP contribution in [0.3, 0.4) is 0 Å². The normalized spacial score (nSPS) is 18.6. The van der Waals surface area contributed by atoms with Crippen molar-refractivity contribution in [3.8, 4) is 0 Å². The molecule has 2 heterocycles. The van der Waals surface area contributed by atoms with Gasteiger partial charge in [0.25, 0.3) is 5.24 Å². The molecular weight excluding hydrogens is 298 g/mol. The largest absolute Gasteiger partial charge is 0.370 e. The molecule has 1 aromatic carbocycles. The van der Waals surface area contributed by atoms with Crippen LogP contribution in [0.4, 0.5) is 16.2 Å². The number of nitrogens with zero attached hydrogens (tertiary/aromatic N) is 2. The predicted octanol–water partition coefficient (Wildman–Crippen LogP) is 2.78. The quantitative estimate of drug-likeness (QED) is 0.927. The van der Waals surface area contributed by atoms with Crippen molar-refractivity contribution >= 4 is 34.3 Å². The Morgan fingerprint density at radius 1 is 1.14 bits per heavy atom. The maximum atomic E-state index is 12.2. The Morgan fingerprint density at radius 2 is 1.91 bits per heavy atom. The number of piperidine rings is 1. The molecule has 0 unspecified atom stereocenters. The van der Waals surface area contributed by atoms with E-state index in [9.17, 15) is 9.59 Å². The molecule has 22 heavy (non-hydrogen) atoms. The summed E-state index contributed by atoms with van der Waals surface area (Å²) in [4.78, 5) is 27.7. The first-order valence-corrected chi connectivity index (χ1v) is 8.78. The van der Waals surface area contributed by atoms with Crippen LogP contribution in [0.15, 0.2) is 24.3 Å². The molecule has 0 atom stereocenters. The second-order valence-electron chi connectivity index (χ2n) is 5.65. The van der Waals surface area contributed by atoms with Gasteiger partial charge in [0.15, 0.2) is 0 Å². The summed E-state index contributed by atoms with van der Waals surface area (Å²) in [5, 5.41) is 2.97. The number of benzene rings is 1. The molecule has 1 aromatic rings. The van der Waals surface area contributed by atoms with E-state index in [2.05, 4.69) is 16.3 Å². The maximum absolute atomic E-state index is 12.2. The van der Waals surface area contributed by atoms with Crippen molar-refractivity contribution in [1.82, 2.24) is 4.90 Å². The second-order valence-corrected chi connectivity index (χ2v) is 6.70. The fourth-order valence-electron chi connectivity index (χ4n) is 2.92. The number of carbonyl (C=O) groups excluding carboxylic acids is 2. The van der Waals surface area contributed by atoms with Crippen molar-refractivity contribution in [3.05, 3.63) is 24.3 Å². The lowest BCUT2D eigenvalue weighted by atomic mass is 10.1. The van der Waals surface area contributed by atoms with Crippen molar-refractivity contribution in [2.24, 2.45) is 0 Å². The van der Waals surface area contributed by atoms with Gasteiger partial charge in [-0.1, -0.05) is 23.9 Å². The fraction of sp³-hybridized carbons (Fsp3) is 0.500. The molecule has 0 aliphatic carbocycles. The van der Waals surface area contributed by atoms with Crippen LogP contribution in [0.25, 0.3) is 0 Å². The van der Waals surface area contributed by atoms with Gasteiger partial charge in [-0.05, 0) is 31.4 Å². The van der Waals surface area contributed by atoms with E-state index in [1.807, 2.05) is 18.2 Å². The Hall–Kier alpha value is -1.69. The Morgan fingerprint density at radius 3 is 2.64 bits per heavy atom. The van der Waals surface area contributed by atoms with Crippen LogP contribution < -0.4 is 10.2 Å². The smallest absolute Gasteiger partial charge is 0.282 e. The number of anilines is 2. The van der Waals surface area contributed by atoms with Gasteiger partial charge in [0.05, 0.1) is 11.4 Å². The predicted molar refractivity (Wildman–Crippen MR) is 90.6 cm³/mol. The van der Waals surface area contributed by atoms with E-state index >= 15 is 0 Å². The lowest BCUT2D eigenvalue weighted by molar-refractivity contribution is -0.116. The molecule has 6 heteroatoms. The van der Waals surface area contributed by atoms with E-state index in [0.717, 1.165) is 30.2 Å². The number of hydrogen-bond donors (Lipinski definition) is 1. The van der Waals surface area contributed by atoms with Gasteiger partial charge in [0.2, 0.25) is 5.91 Å². The molecule has 0 bridgehead atoms. The highest BCUT2D eigenvalue weighted by atomic mass is 32.2. The first kappa shape index (κ1) is 15.2. The van der Waals surface area contributed by atoms with Gasteiger partial charge < -0.3 is 15.1 Å². The molecule has 0 radical (unpaired) electrons. The fourth-order valence-corrected chi connectivity index (χ4v) is 3.75. The molecule has 5 nitrogen and oxygen atoms in total. The summed E-state index contributed by atoms with van der Waals surface area (Å²) in [6.07, 6.45) is 3.67. The summed E-state index contributed by atoms with van der Waals surface area (Å²) in [7, 11) is 0. The topological polar surface area (TPSA) is 52.7 Å². The zero-order valence-corrected chi connectivity index (χ0v) is 13.4. The van der Waals surface area contributed by atoms with Crippen molar-refractivity contribution in [1.29, 1.82) is 0 Å². The summed E-state index contributed by atoms with van der Waals surface area (Å²) in [6.45, 7) is 2.87. The third-order valence-electron chi connectivity index (χ3n) is 4.05. The number of rotatable bonds is 4. The zero-order chi connectivity index (χ0) is 15.4. The Balaban J connectivity index is 1.66. The third kappa shape index (κ3) is 3.55. The van der Waals surface area contributed by atoms with Crippen LogP contribution in [0.1, 0.15) is 19.3 Å². The van der Waals surface area contributed by atoms with Gasteiger partial charge in [-0.3, -0.25) is 9.59 Å². The standard InChI is InChI=1S/C16H21N3O2S/c20-15(12-19-10-11-22-16(19)21)17-13-6-2-3-7-14(13)18-8-4-1-5-9-18/h2-3,6-7H,1,4-5,8-12H2,(H,17,20). The van der Waals surface area contributed by atoms with Crippen LogP contribution in [0, 0.1) is 0 Å². The average molecular weight is 319 g/mol. The summed E-state index contributed by atoms with van der Waals surface area (Å²) in [5.41, 5.74) is 1.92. The zero-order valence-electron chi connectivity index (χ0n) is 12.6. The molecule has 2 saturated heterocycles. The average Bonchev–Trinajstić information content (AvgIpc) is 2.94.